The highest BCUT2D eigenvalue weighted by atomic mass is 19.4. The maximum absolute atomic E-state index is 12.9. The van der Waals surface area contributed by atoms with Gasteiger partial charge in [-0.2, -0.15) is 13.2 Å². The molecule has 3 atom stereocenters. The van der Waals surface area contributed by atoms with Crippen molar-refractivity contribution in [2.24, 2.45) is 5.73 Å². The number of aryl methyl sites for hydroxylation is 1. The summed E-state index contributed by atoms with van der Waals surface area (Å²) in [5.41, 5.74) is 8.37. The van der Waals surface area contributed by atoms with E-state index in [0.717, 1.165) is 36.5 Å². The van der Waals surface area contributed by atoms with Gasteiger partial charge in [0.2, 0.25) is 5.91 Å². The summed E-state index contributed by atoms with van der Waals surface area (Å²) in [6.07, 6.45) is -0.517. The van der Waals surface area contributed by atoms with Crippen LogP contribution in [0.15, 0.2) is 30.6 Å². The zero-order valence-electron chi connectivity index (χ0n) is 18.3. The van der Waals surface area contributed by atoms with E-state index in [0.29, 0.717) is 31.1 Å². The van der Waals surface area contributed by atoms with Crippen molar-refractivity contribution in [3.63, 3.8) is 0 Å². The van der Waals surface area contributed by atoms with Gasteiger partial charge in [-0.25, -0.2) is 9.97 Å². The molecular formula is C23H28F3N5O. The first-order valence-electron chi connectivity index (χ1n) is 11.0. The Hall–Kier alpha value is -2.68. The van der Waals surface area contributed by atoms with Crippen LogP contribution in [0.3, 0.4) is 0 Å². The molecule has 1 amide bonds. The molecule has 1 aromatic heterocycles. The lowest BCUT2D eigenvalue weighted by Crippen LogP contribution is -2.57. The fourth-order valence-electron chi connectivity index (χ4n) is 4.73. The summed E-state index contributed by atoms with van der Waals surface area (Å²) in [6.45, 7) is 5.96. The lowest BCUT2D eigenvalue weighted by molar-refractivity contribution is -0.137. The van der Waals surface area contributed by atoms with Crippen LogP contribution in [0.4, 0.5) is 19.0 Å². The van der Waals surface area contributed by atoms with Gasteiger partial charge < -0.3 is 15.5 Å². The number of carbonyl (C=O) groups is 1. The quantitative estimate of drug-likeness (QED) is 0.779. The van der Waals surface area contributed by atoms with Gasteiger partial charge >= 0.3 is 6.18 Å². The van der Waals surface area contributed by atoms with Gasteiger partial charge in [0.05, 0.1) is 11.6 Å². The van der Waals surface area contributed by atoms with Crippen LogP contribution in [0.25, 0.3) is 0 Å². The number of carbonyl (C=O) groups excluding carboxylic acids is 1. The third-order valence-corrected chi connectivity index (χ3v) is 6.52. The highest BCUT2D eigenvalue weighted by Gasteiger charge is 2.34. The molecule has 2 heterocycles. The van der Waals surface area contributed by atoms with Crippen LogP contribution in [0.1, 0.15) is 48.6 Å². The molecule has 172 valence electrons. The van der Waals surface area contributed by atoms with Crippen molar-refractivity contribution < 1.29 is 18.0 Å². The maximum Gasteiger partial charge on any atom is 0.416 e. The molecular weight excluding hydrogens is 419 g/mol. The number of halogens is 3. The highest BCUT2D eigenvalue weighted by Crippen LogP contribution is 2.38. The van der Waals surface area contributed by atoms with E-state index in [1.807, 2.05) is 0 Å². The summed E-state index contributed by atoms with van der Waals surface area (Å²) in [5.74, 6) is 1.21. The summed E-state index contributed by atoms with van der Waals surface area (Å²) in [4.78, 5) is 25.9. The van der Waals surface area contributed by atoms with Gasteiger partial charge in [0.25, 0.3) is 0 Å². The van der Waals surface area contributed by atoms with Crippen LogP contribution in [0.5, 0.6) is 0 Å². The number of piperazine rings is 1. The lowest BCUT2D eigenvalue weighted by atomic mass is 10.0. The molecule has 1 aliphatic heterocycles. The molecule has 2 aliphatic rings. The monoisotopic (exact) mass is 447 g/mol. The summed E-state index contributed by atoms with van der Waals surface area (Å²) >= 11 is 0. The predicted octanol–water partition coefficient (Wildman–Crippen LogP) is 3.15. The minimum atomic E-state index is -4.38. The second-order valence-corrected chi connectivity index (χ2v) is 8.83. The number of hydrogen-bond acceptors (Lipinski definition) is 5. The fraction of sp³-hybridized carbons (Fsp3) is 0.522. The first kappa shape index (κ1) is 22.5. The molecule has 0 bridgehead atoms. The molecule has 1 aliphatic carbocycles. The largest absolute Gasteiger partial charge is 0.416 e. The Morgan fingerprint density at radius 1 is 1.19 bits per heavy atom. The van der Waals surface area contributed by atoms with Crippen molar-refractivity contribution in [3.05, 3.63) is 53.0 Å². The molecule has 9 heteroatoms. The Kier molecular flexibility index (Phi) is 6.11. The van der Waals surface area contributed by atoms with Crippen molar-refractivity contribution in [3.8, 4) is 0 Å². The van der Waals surface area contributed by atoms with E-state index in [9.17, 15) is 18.0 Å². The summed E-state index contributed by atoms with van der Waals surface area (Å²) in [7, 11) is 0. The number of nitrogens with zero attached hydrogens (tertiary/aromatic N) is 4. The Balaban J connectivity index is 1.39. The van der Waals surface area contributed by atoms with Crippen molar-refractivity contribution in [2.75, 3.05) is 24.5 Å². The van der Waals surface area contributed by atoms with Gasteiger partial charge in [-0.15, -0.1) is 0 Å². The standard InChI is InChI=1S/C23H28F3N5O/c1-14-3-8-19-20(14)21(29-13-28-19)31-10-9-30(12-15(31)2)22(32)18(27)11-16-4-6-17(7-5-16)23(24,25)26/h4-7,13-15,18H,3,8-12,27H2,1-2H3/t14-,15+,18-/m1/s1. The summed E-state index contributed by atoms with van der Waals surface area (Å²) in [6, 6.07) is 4.08. The van der Waals surface area contributed by atoms with Crippen LogP contribution in [0, 0.1) is 0 Å². The Morgan fingerprint density at radius 3 is 2.56 bits per heavy atom. The van der Waals surface area contributed by atoms with Crippen molar-refractivity contribution >= 4 is 11.7 Å². The van der Waals surface area contributed by atoms with E-state index in [1.54, 1.807) is 11.2 Å². The lowest BCUT2D eigenvalue weighted by Gasteiger charge is -2.42. The van der Waals surface area contributed by atoms with E-state index in [4.69, 9.17) is 5.73 Å². The van der Waals surface area contributed by atoms with Gasteiger partial charge in [0.1, 0.15) is 12.1 Å². The van der Waals surface area contributed by atoms with E-state index < -0.39 is 17.8 Å². The van der Waals surface area contributed by atoms with E-state index in [1.165, 1.54) is 17.7 Å². The van der Waals surface area contributed by atoms with Crippen molar-refractivity contribution in [2.45, 2.75) is 57.3 Å². The molecule has 4 rings (SSSR count). The maximum atomic E-state index is 12.9. The zero-order chi connectivity index (χ0) is 23.0. The van der Waals surface area contributed by atoms with Crippen LogP contribution in [-0.2, 0) is 23.8 Å². The zero-order valence-corrected chi connectivity index (χ0v) is 18.3. The van der Waals surface area contributed by atoms with E-state index >= 15 is 0 Å². The minimum absolute atomic E-state index is 0.0674. The van der Waals surface area contributed by atoms with E-state index in [2.05, 4.69) is 28.7 Å². The number of nitrogens with two attached hydrogens (primary N) is 1. The van der Waals surface area contributed by atoms with Gasteiger partial charge in [0, 0.05) is 36.9 Å². The number of fused-ring (bicyclic) bond motifs is 1. The average molecular weight is 448 g/mol. The van der Waals surface area contributed by atoms with Gasteiger partial charge in [0.15, 0.2) is 0 Å². The highest BCUT2D eigenvalue weighted by molar-refractivity contribution is 5.82. The van der Waals surface area contributed by atoms with Crippen molar-refractivity contribution in [1.82, 2.24) is 14.9 Å². The molecule has 2 N–H and O–H groups in total. The molecule has 1 aromatic carbocycles. The SMILES string of the molecule is C[C@@H]1CCc2ncnc(N3CCN(C(=O)[C@H](N)Cc4ccc(C(F)(F)F)cc4)C[C@@H]3C)c21. The summed E-state index contributed by atoms with van der Waals surface area (Å²) < 4.78 is 38.2. The van der Waals surface area contributed by atoms with Crippen LogP contribution in [0.2, 0.25) is 0 Å². The van der Waals surface area contributed by atoms with Crippen LogP contribution in [-0.4, -0.2) is 52.5 Å². The topological polar surface area (TPSA) is 75.4 Å². The Labute approximate surface area is 185 Å². The number of anilines is 1. The third kappa shape index (κ3) is 4.44. The van der Waals surface area contributed by atoms with Gasteiger partial charge in [-0.05, 0) is 49.8 Å². The first-order chi connectivity index (χ1) is 15.1. The molecule has 6 nitrogen and oxygen atoms in total. The molecule has 0 unspecified atom stereocenters. The number of rotatable bonds is 4. The molecule has 0 spiro atoms. The molecule has 1 saturated heterocycles. The number of hydrogen-bond donors (Lipinski definition) is 1. The number of amides is 1. The van der Waals surface area contributed by atoms with Crippen LogP contribution < -0.4 is 10.6 Å². The number of alkyl halides is 3. The Bertz CT molecular complexity index is 979. The minimum Gasteiger partial charge on any atom is -0.350 e. The molecule has 32 heavy (non-hydrogen) atoms. The normalized spacial score (nSPS) is 22.1. The molecule has 0 radical (unpaired) electrons. The second kappa shape index (κ2) is 8.69. The fourth-order valence-corrected chi connectivity index (χ4v) is 4.73. The first-order valence-corrected chi connectivity index (χ1v) is 11.0. The molecule has 1 fully saturated rings. The Morgan fingerprint density at radius 2 is 1.91 bits per heavy atom. The van der Waals surface area contributed by atoms with Gasteiger partial charge in [-0.1, -0.05) is 19.1 Å². The van der Waals surface area contributed by atoms with Crippen molar-refractivity contribution in [1.29, 1.82) is 0 Å². The number of aromatic nitrogens is 2. The predicted molar refractivity (Wildman–Crippen MR) is 115 cm³/mol. The average Bonchev–Trinajstić information content (AvgIpc) is 3.14. The number of benzene rings is 1. The van der Waals surface area contributed by atoms with Gasteiger partial charge in [-0.3, -0.25) is 4.79 Å². The second-order valence-electron chi connectivity index (χ2n) is 8.83. The summed E-state index contributed by atoms with van der Waals surface area (Å²) in [5, 5.41) is 0. The smallest absolute Gasteiger partial charge is 0.350 e. The molecule has 0 saturated carbocycles. The molecule has 2 aromatic rings. The van der Waals surface area contributed by atoms with E-state index in [-0.39, 0.29) is 18.4 Å². The van der Waals surface area contributed by atoms with Crippen LogP contribution >= 0.6 is 0 Å². The third-order valence-electron chi connectivity index (χ3n) is 6.52.